The Balaban J connectivity index is 1.68. The number of hydrogen-bond acceptors (Lipinski definition) is 4. The van der Waals surface area contributed by atoms with Crippen molar-refractivity contribution >= 4 is 11.7 Å². The van der Waals surface area contributed by atoms with Crippen LogP contribution in [0.15, 0.2) is 30.5 Å². The number of amides is 1. The first kappa shape index (κ1) is 12.6. The summed E-state index contributed by atoms with van der Waals surface area (Å²) in [5.74, 6) is 0.883. The lowest BCUT2D eigenvalue weighted by molar-refractivity contribution is -0.121. The molecule has 0 aromatic carbocycles. The zero-order valence-corrected chi connectivity index (χ0v) is 10.4. The Bertz CT molecular complexity index is 444. The van der Waals surface area contributed by atoms with E-state index in [0.717, 1.165) is 17.9 Å². The molecule has 1 aromatic rings. The van der Waals surface area contributed by atoms with Crippen LogP contribution in [0.3, 0.4) is 0 Å². The monoisotopic (exact) mass is 246 g/mol. The third-order valence-electron chi connectivity index (χ3n) is 2.79. The van der Waals surface area contributed by atoms with Gasteiger partial charge in [0, 0.05) is 25.8 Å². The Morgan fingerprint density at radius 1 is 1.56 bits per heavy atom. The number of carbonyl (C=O) groups is 1. The predicted octanol–water partition coefficient (Wildman–Crippen LogP) is 0.446. The number of pyridine rings is 1. The van der Waals surface area contributed by atoms with Gasteiger partial charge in [-0.15, -0.1) is 0 Å². The summed E-state index contributed by atoms with van der Waals surface area (Å²) >= 11 is 0. The first-order valence-corrected chi connectivity index (χ1v) is 6.10. The van der Waals surface area contributed by atoms with Gasteiger partial charge in [-0.05, 0) is 18.6 Å². The minimum absolute atomic E-state index is 0.0169. The molecule has 2 rings (SSSR count). The van der Waals surface area contributed by atoms with E-state index in [4.69, 9.17) is 0 Å². The lowest BCUT2D eigenvalue weighted by atomic mass is 10.3. The van der Waals surface area contributed by atoms with Crippen molar-refractivity contribution in [1.82, 2.24) is 15.6 Å². The normalized spacial score (nSPS) is 17.7. The van der Waals surface area contributed by atoms with E-state index in [9.17, 15) is 4.79 Å². The summed E-state index contributed by atoms with van der Waals surface area (Å²) in [5, 5.41) is 9.13. The molecule has 0 saturated heterocycles. The Morgan fingerprint density at radius 2 is 2.44 bits per heavy atom. The highest BCUT2D eigenvalue weighted by Crippen LogP contribution is 2.07. The summed E-state index contributed by atoms with van der Waals surface area (Å²) in [7, 11) is 0. The molecule has 0 spiro atoms. The first-order valence-electron chi connectivity index (χ1n) is 6.10. The number of anilines is 1. The van der Waals surface area contributed by atoms with E-state index < -0.39 is 0 Å². The summed E-state index contributed by atoms with van der Waals surface area (Å²) in [6, 6.07) is 3.73. The SMILES string of the molecule is Cc1cccnc1NCCNC(=O)[C@H]1C=CCN1. The molecular formula is C13H18N4O. The van der Waals surface area contributed by atoms with Gasteiger partial charge in [0.05, 0.1) is 0 Å². The number of carbonyl (C=O) groups excluding carboxylic acids is 1. The lowest BCUT2D eigenvalue weighted by Gasteiger charge is -2.11. The third kappa shape index (κ3) is 3.30. The van der Waals surface area contributed by atoms with Crippen LogP contribution in [0.4, 0.5) is 5.82 Å². The lowest BCUT2D eigenvalue weighted by Crippen LogP contribution is -2.42. The molecule has 5 heteroatoms. The van der Waals surface area contributed by atoms with Crippen LogP contribution in [-0.4, -0.2) is 36.6 Å². The van der Waals surface area contributed by atoms with Gasteiger partial charge in [-0.25, -0.2) is 4.98 Å². The number of rotatable bonds is 5. The van der Waals surface area contributed by atoms with Crippen molar-refractivity contribution in [2.45, 2.75) is 13.0 Å². The van der Waals surface area contributed by atoms with E-state index in [1.807, 2.05) is 31.2 Å². The number of aryl methyl sites for hydroxylation is 1. The van der Waals surface area contributed by atoms with Crippen molar-refractivity contribution in [2.24, 2.45) is 0 Å². The smallest absolute Gasteiger partial charge is 0.241 e. The molecule has 1 aromatic heterocycles. The van der Waals surface area contributed by atoms with Crippen molar-refractivity contribution in [3.63, 3.8) is 0 Å². The highest BCUT2D eigenvalue weighted by Gasteiger charge is 2.16. The van der Waals surface area contributed by atoms with Crippen molar-refractivity contribution in [3.05, 3.63) is 36.0 Å². The van der Waals surface area contributed by atoms with Crippen molar-refractivity contribution in [3.8, 4) is 0 Å². The maximum absolute atomic E-state index is 11.7. The molecule has 0 aliphatic carbocycles. The predicted molar refractivity (Wildman–Crippen MR) is 71.4 cm³/mol. The standard InChI is InChI=1S/C13H18N4O/c1-10-4-2-7-15-12(10)16-8-9-17-13(18)11-5-3-6-14-11/h2-5,7,11,14H,6,8-9H2,1H3,(H,15,16)(H,17,18)/t11-/m1/s1. The molecular weight excluding hydrogens is 228 g/mol. The molecule has 0 bridgehead atoms. The second kappa shape index (κ2) is 6.16. The van der Waals surface area contributed by atoms with Crippen molar-refractivity contribution < 1.29 is 4.79 Å². The molecule has 5 nitrogen and oxygen atoms in total. The Morgan fingerprint density at radius 3 is 3.17 bits per heavy atom. The molecule has 0 fully saturated rings. The van der Waals surface area contributed by atoms with Gasteiger partial charge in [0.25, 0.3) is 0 Å². The van der Waals surface area contributed by atoms with E-state index in [1.54, 1.807) is 6.20 Å². The van der Waals surface area contributed by atoms with Gasteiger partial charge in [-0.1, -0.05) is 18.2 Å². The Labute approximate surface area is 107 Å². The van der Waals surface area contributed by atoms with Gasteiger partial charge in [0.2, 0.25) is 5.91 Å². The molecule has 0 saturated carbocycles. The van der Waals surface area contributed by atoms with Crippen LogP contribution < -0.4 is 16.0 Å². The third-order valence-corrected chi connectivity index (χ3v) is 2.79. The molecule has 1 atom stereocenters. The van der Waals surface area contributed by atoms with E-state index in [0.29, 0.717) is 13.1 Å². The Hall–Kier alpha value is -1.88. The van der Waals surface area contributed by atoms with Crippen LogP contribution in [0.5, 0.6) is 0 Å². The van der Waals surface area contributed by atoms with Crippen LogP contribution >= 0.6 is 0 Å². The fraction of sp³-hybridized carbons (Fsp3) is 0.385. The van der Waals surface area contributed by atoms with E-state index in [-0.39, 0.29) is 11.9 Å². The van der Waals surface area contributed by atoms with Gasteiger partial charge in [0.1, 0.15) is 11.9 Å². The largest absolute Gasteiger partial charge is 0.368 e. The van der Waals surface area contributed by atoms with Crippen LogP contribution in [0.1, 0.15) is 5.56 Å². The van der Waals surface area contributed by atoms with Gasteiger partial charge in [0.15, 0.2) is 0 Å². The average molecular weight is 246 g/mol. The number of hydrogen-bond donors (Lipinski definition) is 3. The van der Waals surface area contributed by atoms with Gasteiger partial charge >= 0.3 is 0 Å². The summed E-state index contributed by atoms with van der Waals surface area (Å²) in [4.78, 5) is 15.9. The van der Waals surface area contributed by atoms with E-state index in [1.165, 1.54) is 0 Å². The molecule has 0 radical (unpaired) electrons. The van der Waals surface area contributed by atoms with Crippen molar-refractivity contribution in [1.29, 1.82) is 0 Å². The fourth-order valence-electron chi connectivity index (χ4n) is 1.79. The molecule has 3 N–H and O–H groups in total. The quantitative estimate of drug-likeness (QED) is 0.521. The molecule has 0 unspecified atom stereocenters. The van der Waals surface area contributed by atoms with Gasteiger partial charge < -0.3 is 10.6 Å². The topological polar surface area (TPSA) is 66.0 Å². The summed E-state index contributed by atoms with van der Waals surface area (Å²) < 4.78 is 0. The van der Waals surface area contributed by atoms with Gasteiger partial charge in [-0.3, -0.25) is 10.1 Å². The summed E-state index contributed by atoms with van der Waals surface area (Å²) in [6.45, 7) is 4.02. The second-order valence-corrected chi connectivity index (χ2v) is 4.20. The maximum atomic E-state index is 11.7. The van der Waals surface area contributed by atoms with Crippen LogP contribution in [0, 0.1) is 6.92 Å². The highest BCUT2D eigenvalue weighted by molar-refractivity contribution is 5.84. The molecule has 1 aliphatic rings. The second-order valence-electron chi connectivity index (χ2n) is 4.20. The molecule has 2 heterocycles. The average Bonchev–Trinajstić information content (AvgIpc) is 2.90. The molecule has 1 aliphatic heterocycles. The zero-order chi connectivity index (χ0) is 12.8. The molecule has 1 amide bonds. The minimum atomic E-state index is -0.179. The van der Waals surface area contributed by atoms with Gasteiger partial charge in [-0.2, -0.15) is 0 Å². The van der Waals surface area contributed by atoms with E-state index in [2.05, 4.69) is 20.9 Å². The van der Waals surface area contributed by atoms with Crippen molar-refractivity contribution in [2.75, 3.05) is 25.0 Å². The molecule has 18 heavy (non-hydrogen) atoms. The highest BCUT2D eigenvalue weighted by atomic mass is 16.2. The number of nitrogens with zero attached hydrogens (tertiary/aromatic N) is 1. The molecule has 96 valence electrons. The Kier molecular flexibility index (Phi) is 4.30. The van der Waals surface area contributed by atoms with Crippen LogP contribution in [-0.2, 0) is 4.79 Å². The van der Waals surface area contributed by atoms with E-state index >= 15 is 0 Å². The number of aromatic nitrogens is 1. The summed E-state index contributed by atoms with van der Waals surface area (Å²) in [6.07, 6.45) is 5.59. The first-order chi connectivity index (χ1) is 8.77. The summed E-state index contributed by atoms with van der Waals surface area (Å²) in [5.41, 5.74) is 1.10. The fourth-order valence-corrected chi connectivity index (χ4v) is 1.79. The van der Waals surface area contributed by atoms with Crippen LogP contribution in [0.2, 0.25) is 0 Å². The minimum Gasteiger partial charge on any atom is -0.368 e. The zero-order valence-electron chi connectivity index (χ0n) is 10.4. The maximum Gasteiger partial charge on any atom is 0.241 e. The number of nitrogens with one attached hydrogen (secondary N) is 3. The van der Waals surface area contributed by atoms with Crippen LogP contribution in [0.25, 0.3) is 0 Å².